The maximum atomic E-state index is 11.7. The summed E-state index contributed by atoms with van der Waals surface area (Å²) in [7, 11) is 0. The number of halogens is 1. The monoisotopic (exact) mass is 412 g/mol. The van der Waals surface area contributed by atoms with Crippen molar-refractivity contribution in [1.82, 2.24) is 14.9 Å². The molecule has 6 nitrogen and oxygen atoms in total. The molecule has 152 valence electrons. The first-order valence-electron chi connectivity index (χ1n) is 10.0. The first-order chi connectivity index (χ1) is 14.1. The zero-order valence-corrected chi connectivity index (χ0v) is 17.0. The Morgan fingerprint density at radius 2 is 2.00 bits per heavy atom. The molecular formula is C22H25ClN4O2. The van der Waals surface area contributed by atoms with Gasteiger partial charge >= 0.3 is 0 Å². The summed E-state index contributed by atoms with van der Waals surface area (Å²) in [4.78, 5) is 16.1. The number of aromatic hydroxyl groups is 1. The van der Waals surface area contributed by atoms with Gasteiger partial charge in [0, 0.05) is 53.2 Å². The fraction of sp³-hybridized carbons (Fsp3) is 0.364. The van der Waals surface area contributed by atoms with E-state index in [2.05, 4.69) is 15.6 Å². The normalized spacial score (nSPS) is 13.7. The molecule has 1 aromatic carbocycles. The van der Waals surface area contributed by atoms with Crippen LogP contribution in [0.15, 0.2) is 47.5 Å². The van der Waals surface area contributed by atoms with Crippen LogP contribution in [0.1, 0.15) is 37.4 Å². The van der Waals surface area contributed by atoms with Gasteiger partial charge in [0.25, 0.3) is 0 Å². The zero-order valence-electron chi connectivity index (χ0n) is 16.2. The molecule has 3 N–H and O–H groups in total. The average molecular weight is 413 g/mol. The lowest BCUT2D eigenvalue weighted by Crippen LogP contribution is -2.21. The van der Waals surface area contributed by atoms with Gasteiger partial charge in [0.1, 0.15) is 0 Å². The third-order valence-corrected chi connectivity index (χ3v) is 5.43. The summed E-state index contributed by atoms with van der Waals surface area (Å²) < 4.78 is 2.03. The van der Waals surface area contributed by atoms with E-state index in [1.165, 1.54) is 0 Å². The van der Waals surface area contributed by atoms with Gasteiger partial charge in [-0.3, -0.25) is 9.78 Å². The number of benzene rings is 1. The summed E-state index contributed by atoms with van der Waals surface area (Å²) in [6.45, 7) is 2.37. The number of pyridine rings is 2. The van der Waals surface area contributed by atoms with E-state index in [9.17, 15) is 9.90 Å². The number of unbranched alkanes of at least 4 members (excludes halogenated alkanes) is 1. The predicted octanol–water partition coefficient (Wildman–Crippen LogP) is 4.07. The van der Waals surface area contributed by atoms with Crippen LogP contribution in [0, 0.1) is 0 Å². The molecule has 1 aliphatic carbocycles. The van der Waals surface area contributed by atoms with Crippen LogP contribution in [-0.2, 0) is 6.54 Å². The Labute approximate surface area is 174 Å². The Hall–Kier alpha value is -2.57. The number of aromatic nitrogens is 2. The van der Waals surface area contributed by atoms with Gasteiger partial charge in [-0.2, -0.15) is 0 Å². The summed E-state index contributed by atoms with van der Waals surface area (Å²) in [6.07, 6.45) is 7.63. The van der Waals surface area contributed by atoms with E-state index in [4.69, 9.17) is 11.6 Å². The maximum Gasteiger partial charge on any atom is 0.223 e. The molecule has 0 bridgehead atoms. The van der Waals surface area contributed by atoms with Crippen molar-refractivity contribution in [3.05, 3.63) is 63.7 Å². The summed E-state index contributed by atoms with van der Waals surface area (Å²) in [5.41, 5.74) is 2.58. The van der Waals surface area contributed by atoms with Gasteiger partial charge in [-0.25, -0.2) is 0 Å². The molecule has 2 heterocycles. The Bertz CT molecular complexity index is 1060. The summed E-state index contributed by atoms with van der Waals surface area (Å²) in [5.74, 6) is -0.169. The van der Waals surface area contributed by atoms with Crippen LogP contribution in [0.2, 0.25) is 5.02 Å². The smallest absolute Gasteiger partial charge is 0.223 e. The highest BCUT2D eigenvalue weighted by molar-refractivity contribution is 6.31. The van der Waals surface area contributed by atoms with Crippen molar-refractivity contribution in [1.29, 1.82) is 0 Å². The molecule has 29 heavy (non-hydrogen) atoms. The molecule has 4 rings (SSSR count). The van der Waals surface area contributed by atoms with Crippen LogP contribution in [0.25, 0.3) is 10.9 Å². The fourth-order valence-electron chi connectivity index (χ4n) is 3.50. The SMILES string of the molecule is O=c1cc(CNCCCCNc2ccnc3cc(Cl)ccc23)n(C2CC2)cc1O. The van der Waals surface area contributed by atoms with Gasteiger partial charge in [-0.15, -0.1) is 0 Å². The molecule has 0 amide bonds. The van der Waals surface area contributed by atoms with Crippen molar-refractivity contribution in [3.63, 3.8) is 0 Å². The minimum absolute atomic E-state index is 0.169. The van der Waals surface area contributed by atoms with E-state index in [0.29, 0.717) is 17.6 Å². The quantitative estimate of drug-likeness (QED) is 0.461. The topological polar surface area (TPSA) is 79.2 Å². The summed E-state index contributed by atoms with van der Waals surface area (Å²) in [6, 6.07) is 9.69. The van der Waals surface area contributed by atoms with Crippen molar-refractivity contribution in [2.75, 3.05) is 18.4 Å². The van der Waals surface area contributed by atoms with Crippen molar-refractivity contribution in [3.8, 4) is 5.75 Å². The molecule has 0 unspecified atom stereocenters. The van der Waals surface area contributed by atoms with E-state index in [1.54, 1.807) is 18.5 Å². The zero-order chi connectivity index (χ0) is 20.2. The molecule has 0 saturated heterocycles. The van der Waals surface area contributed by atoms with E-state index in [-0.39, 0.29) is 11.2 Å². The van der Waals surface area contributed by atoms with Crippen LogP contribution in [0.3, 0.4) is 0 Å². The van der Waals surface area contributed by atoms with Gasteiger partial charge in [0.2, 0.25) is 5.43 Å². The molecule has 7 heteroatoms. The fourth-order valence-corrected chi connectivity index (χ4v) is 3.67. The third-order valence-electron chi connectivity index (χ3n) is 5.19. The highest BCUT2D eigenvalue weighted by Crippen LogP contribution is 2.36. The van der Waals surface area contributed by atoms with Crippen LogP contribution in [0.4, 0.5) is 5.69 Å². The highest BCUT2D eigenvalue weighted by Gasteiger charge is 2.25. The van der Waals surface area contributed by atoms with E-state index < -0.39 is 0 Å². The number of hydrogen-bond donors (Lipinski definition) is 3. The van der Waals surface area contributed by atoms with Crippen LogP contribution in [0.5, 0.6) is 5.75 Å². The van der Waals surface area contributed by atoms with Crippen LogP contribution >= 0.6 is 11.6 Å². The maximum absolute atomic E-state index is 11.7. The highest BCUT2D eigenvalue weighted by atomic mass is 35.5. The van der Waals surface area contributed by atoms with E-state index >= 15 is 0 Å². The third kappa shape index (κ3) is 4.89. The average Bonchev–Trinajstić information content (AvgIpc) is 3.54. The van der Waals surface area contributed by atoms with Gasteiger partial charge in [0.15, 0.2) is 5.75 Å². The Morgan fingerprint density at radius 3 is 2.83 bits per heavy atom. The van der Waals surface area contributed by atoms with Crippen molar-refractivity contribution < 1.29 is 5.11 Å². The number of hydrogen-bond acceptors (Lipinski definition) is 5. The number of anilines is 1. The van der Waals surface area contributed by atoms with Gasteiger partial charge in [-0.05, 0) is 56.5 Å². The molecule has 0 aliphatic heterocycles. The second-order valence-electron chi connectivity index (χ2n) is 7.48. The molecule has 2 aromatic heterocycles. The van der Waals surface area contributed by atoms with Crippen molar-refractivity contribution in [2.24, 2.45) is 0 Å². The largest absolute Gasteiger partial charge is 0.503 e. The molecule has 0 spiro atoms. The minimum Gasteiger partial charge on any atom is -0.503 e. The Balaban J connectivity index is 1.22. The number of nitrogens with zero attached hydrogens (tertiary/aromatic N) is 2. The Morgan fingerprint density at radius 1 is 1.17 bits per heavy atom. The first-order valence-corrected chi connectivity index (χ1v) is 10.4. The molecule has 1 fully saturated rings. The molecule has 0 radical (unpaired) electrons. The molecule has 3 aromatic rings. The van der Waals surface area contributed by atoms with Crippen LogP contribution < -0.4 is 16.1 Å². The minimum atomic E-state index is -0.311. The predicted molar refractivity (Wildman–Crippen MR) is 117 cm³/mol. The van der Waals surface area contributed by atoms with E-state index in [0.717, 1.165) is 61.1 Å². The lowest BCUT2D eigenvalue weighted by atomic mass is 10.2. The van der Waals surface area contributed by atoms with Gasteiger partial charge in [0.05, 0.1) is 11.7 Å². The number of fused-ring (bicyclic) bond motifs is 1. The lowest BCUT2D eigenvalue weighted by Gasteiger charge is -2.14. The molecule has 0 atom stereocenters. The molecule has 1 saturated carbocycles. The van der Waals surface area contributed by atoms with Crippen molar-refractivity contribution >= 4 is 28.2 Å². The molecular weight excluding hydrogens is 388 g/mol. The number of rotatable bonds is 9. The summed E-state index contributed by atoms with van der Waals surface area (Å²) >= 11 is 6.04. The second-order valence-corrected chi connectivity index (χ2v) is 7.92. The Kier molecular flexibility index (Phi) is 6.02. The van der Waals surface area contributed by atoms with Gasteiger partial charge < -0.3 is 20.3 Å². The van der Waals surface area contributed by atoms with Gasteiger partial charge in [-0.1, -0.05) is 11.6 Å². The lowest BCUT2D eigenvalue weighted by molar-refractivity contribution is 0.457. The number of nitrogens with one attached hydrogen (secondary N) is 2. The standard InChI is InChI=1S/C22H25ClN4O2/c23-15-3-6-18-19(7-10-26-20(18)11-15)25-9-2-1-8-24-13-17-12-21(28)22(29)14-27(17)16-4-5-16/h3,6-7,10-12,14,16,24,29H,1-2,4-5,8-9,13H2,(H,25,26). The van der Waals surface area contributed by atoms with Crippen LogP contribution in [-0.4, -0.2) is 27.7 Å². The second kappa shape index (κ2) is 8.84. The van der Waals surface area contributed by atoms with Crippen molar-refractivity contribution in [2.45, 2.75) is 38.3 Å². The first kappa shape index (κ1) is 19.7. The summed E-state index contributed by atoms with van der Waals surface area (Å²) in [5, 5.41) is 18.3. The molecule has 1 aliphatic rings. The van der Waals surface area contributed by atoms with E-state index in [1.807, 2.05) is 28.8 Å².